The highest BCUT2D eigenvalue weighted by Gasteiger charge is 2.26. The summed E-state index contributed by atoms with van der Waals surface area (Å²) in [6, 6.07) is 5.73. The van der Waals surface area contributed by atoms with Crippen molar-refractivity contribution in [1.82, 2.24) is 0 Å². The van der Waals surface area contributed by atoms with Gasteiger partial charge < -0.3 is 14.2 Å². The van der Waals surface area contributed by atoms with E-state index in [-0.39, 0.29) is 5.41 Å². The van der Waals surface area contributed by atoms with Crippen LogP contribution in [0.2, 0.25) is 0 Å². The van der Waals surface area contributed by atoms with Gasteiger partial charge in [-0.3, -0.25) is 0 Å². The zero-order valence-corrected chi connectivity index (χ0v) is 21.0. The predicted octanol–water partition coefficient (Wildman–Crippen LogP) is 7.75. The molecular formula is C29H40O3. The predicted molar refractivity (Wildman–Crippen MR) is 135 cm³/mol. The highest BCUT2D eigenvalue weighted by molar-refractivity contribution is 5.40. The van der Waals surface area contributed by atoms with E-state index < -0.39 is 0 Å². The minimum Gasteiger partial charge on any atom is -0.497 e. The van der Waals surface area contributed by atoms with E-state index >= 15 is 0 Å². The summed E-state index contributed by atoms with van der Waals surface area (Å²) >= 11 is 0. The van der Waals surface area contributed by atoms with Crippen molar-refractivity contribution < 1.29 is 14.2 Å². The van der Waals surface area contributed by atoms with Crippen LogP contribution in [-0.2, 0) is 11.3 Å². The summed E-state index contributed by atoms with van der Waals surface area (Å²) < 4.78 is 16.5. The maximum atomic E-state index is 5.82. The van der Waals surface area contributed by atoms with Crippen LogP contribution in [0.1, 0.15) is 59.4 Å². The summed E-state index contributed by atoms with van der Waals surface area (Å²) in [4.78, 5) is 0. The SMILES string of the molecule is COc1ccc(OC)c(COCC=C(C)C=CC=C(C)C=CC2=C(C)CCCC2(C)C)c1. The summed E-state index contributed by atoms with van der Waals surface area (Å²) in [5.41, 5.74) is 6.71. The van der Waals surface area contributed by atoms with E-state index in [0.29, 0.717) is 13.2 Å². The van der Waals surface area contributed by atoms with Crippen molar-refractivity contribution in [3.05, 3.63) is 82.5 Å². The molecule has 174 valence electrons. The normalized spacial score (nSPS) is 17.5. The quantitative estimate of drug-likeness (QED) is 0.277. The van der Waals surface area contributed by atoms with Gasteiger partial charge in [-0.2, -0.15) is 0 Å². The van der Waals surface area contributed by atoms with Gasteiger partial charge in [0.25, 0.3) is 0 Å². The van der Waals surface area contributed by atoms with Gasteiger partial charge in [-0.15, -0.1) is 0 Å². The molecule has 2 rings (SSSR count). The second kappa shape index (κ2) is 12.5. The third-order valence-corrected chi connectivity index (χ3v) is 6.04. The minimum atomic E-state index is 0.281. The first-order valence-electron chi connectivity index (χ1n) is 11.5. The van der Waals surface area contributed by atoms with E-state index in [2.05, 4.69) is 71.1 Å². The van der Waals surface area contributed by atoms with Gasteiger partial charge in [0.05, 0.1) is 27.4 Å². The number of ether oxygens (including phenoxy) is 3. The Bertz CT molecular complexity index is 910. The van der Waals surface area contributed by atoms with Gasteiger partial charge in [-0.1, -0.05) is 67.0 Å². The fourth-order valence-corrected chi connectivity index (χ4v) is 4.05. The third-order valence-electron chi connectivity index (χ3n) is 6.04. The molecule has 0 saturated heterocycles. The molecule has 0 heterocycles. The lowest BCUT2D eigenvalue weighted by Gasteiger charge is -2.32. The van der Waals surface area contributed by atoms with E-state index in [4.69, 9.17) is 14.2 Å². The maximum Gasteiger partial charge on any atom is 0.124 e. The van der Waals surface area contributed by atoms with Crippen LogP contribution in [0.4, 0.5) is 0 Å². The molecule has 3 nitrogen and oxygen atoms in total. The van der Waals surface area contributed by atoms with Gasteiger partial charge in [0.2, 0.25) is 0 Å². The highest BCUT2D eigenvalue weighted by Crippen LogP contribution is 2.40. The Kier molecular flexibility index (Phi) is 10.1. The van der Waals surface area contributed by atoms with Gasteiger partial charge in [-0.05, 0) is 69.2 Å². The number of benzene rings is 1. The van der Waals surface area contributed by atoms with Gasteiger partial charge in [0.1, 0.15) is 11.5 Å². The molecule has 0 saturated carbocycles. The molecule has 1 aromatic carbocycles. The van der Waals surface area contributed by atoms with E-state index in [0.717, 1.165) is 17.1 Å². The second-order valence-corrected chi connectivity index (χ2v) is 9.18. The fourth-order valence-electron chi connectivity index (χ4n) is 4.05. The summed E-state index contributed by atoms with van der Waals surface area (Å²) in [5.74, 6) is 1.61. The number of hydrogen-bond donors (Lipinski definition) is 0. The van der Waals surface area contributed by atoms with Crippen LogP contribution in [-0.4, -0.2) is 20.8 Å². The van der Waals surface area contributed by atoms with Crippen LogP contribution >= 0.6 is 0 Å². The van der Waals surface area contributed by atoms with E-state index in [9.17, 15) is 0 Å². The Morgan fingerprint density at radius 2 is 1.84 bits per heavy atom. The lowest BCUT2D eigenvalue weighted by Crippen LogP contribution is -2.19. The molecule has 3 heteroatoms. The van der Waals surface area contributed by atoms with Crippen molar-refractivity contribution in [2.75, 3.05) is 20.8 Å². The Labute approximate surface area is 195 Å². The molecule has 0 aliphatic heterocycles. The fraction of sp³-hybridized carbons (Fsp3) is 0.448. The maximum absolute atomic E-state index is 5.82. The molecule has 32 heavy (non-hydrogen) atoms. The van der Waals surface area contributed by atoms with Crippen LogP contribution < -0.4 is 9.47 Å². The van der Waals surface area contributed by atoms with Crippen LogP contribution in [0.3, 0.4) is 0 Å². The van der Waals surface area contributed by atoms with Gasteiger partial charge in [-0.25, -0.2) is 0 Å². The highest BCUT2D eigenvalue weighted by atomic mass is 16.5. The molecule has 0 amide bonds. The molecule has 0 radical (unpaired) electrons. The minimum absolute atomic E-state index is 0.281. The number of hydrogen-bond acceptors (Lipinski definition) is 3. The van der Waals surface area contributed by atoms with Crippen molar-refractivity contribution >= 4 is 0 Å². The Morgan fingerprint density at radius 3 is 2.53 bits per heavy atom. The first-order valence-corrected chi connectivity index (χ1v) is 11.5. The molecule has 0 spiro atoms. The largest absolute Gasteiger partial charge is 0.497 e. The topological polar surface area (TPSA) is 27.7 Å². The molecular weight excluding hydrogens is 396 g/mol. The first-order chi connectivity index (χ1) is 15.3. The number of allylic oxidation sites excluding steroid dienone is 9. The average molecular weight is 437 g/mol. The molecule has 0 fully saturated rings. The van der Waals surface area contributed by atoms with Crippen molar-refractivity contribution in [3.8, 4) is 11.5 Å². The molecule has 0 N–H and O–H groups in total. The summed E-state index contributed by atoms with van der Waals surface area (Å²) in [7, 11) is 3.32. The second-order valence-electron chi connectivity index (χ2n) is 9.18. The molecule has 0 bridgehead atoms. The molecule has 1 aliphatic rings. The lowest BCUT2D eigenvalue weighted by molar-refractivity contribution is 0.145. The van der Waals surface area contributed by atoms with Crippen molar-refractivity contribution in [1.29, 1.82) is 0 Å². The zero-order chi connectivity index (χ0) is 23.6. The average Bonchev–Trinajstić information content (AvgIpc) is 2.75. The van der Waals surface area contributed by atoms with E-state index in [1.165, 1.54) is 41.6 Å². The van der Waals surface area contributed by atoms with Gasteiger partial charge in [0.15, 0.2) is 0 Å². The molecule has 0 atom stereocenters. The Morgan fingerprint density at radius 1 is 1.06 bits per heavy atom. The van der Waals surface area contributed by atoms with Crippen LogP contribution in [0.25, 0.3) is 0 Å². The van der Waals surface area contributed by atoms with Crippen LogP contribution in [0.5, 0.6) is 11.5 Å². The van der Waals surface area contributed by atoms with E-state index in [1.54, 1.807) is 14.2 Å². The lowest BCUT2D eigenvalue weighted by atomic mass is 9.72. The molecule has 1 aliphatic carbocycles. The van der Waals surface area contributed by atoms with Crippen LogP contribution in [0, 0.1) is 5.41 Å². The van der Waals surface area contributed by atoms with Crippen LogP contribution in [0.15, 0.2) is 76.9 Å². The van der Waals surface area contributed by atoms with Gasteiger partial charge in [0, 0.05) is 5.56 Å². The van der Waals surface area contributed by atoms with Crippen molar-refractivity contribution in [3.63, 3.8) is 0 Å². The summed E-state index contributed by atoms with van der Waals surface area (Å²) in [5, 5.41) is 0. The van der Waals surface area contributed by atoms with Crippen molar-refractivity contribution in [2.45, 2.75) is 60.5 Å². The zero-order valence-electron chi connectivity index (χ0n) is 21.0. The molecule has 0 unspecified atom stereocenters. The standard InChI is InChI=1S/C29H40O3/c1-22(13-15-27-24(3)12-9-18-29(27,4)5)10-8-11-23(2)17-19-32-21-25-20-26(30-6)14-16-28(25)31-7/h8,10-11,13-17,20H,9,12,18-19,21H2,1-7H3. The summed E-state index contributed by atoms with van der Waals surface area (Å²) in [6.45, 7) is 12.2. The van der Waals surface area contributed by atoms with Crippen molar-refractivity contribution in [2.24, 2.45) is 5.41 Å². The number of rotatable bonds is 10. The summed E-state index contributed by atoms with van der Waals surface area (Å²) in [6.07, 6.45) is 16.8. The first kappa shape index (κ1) is 25.7. The van der Waals surface area contributed by atoms with E-state index in [1.807, 2.05) is 18.2 Å². The Hall–Kier alpha value is -2.52. The Balaban J connectivity index is 1.87. The molecule has 0 aromatic heterocycles. The molecule has 1 aromatic rings. The smallest absolute Gasteiger partial charge is 0.124 e. The van der Waals surface area contributed by atoms with Gasteiger partial charge >= 0.3 is 0 Å². The number of methoxy groups -OCH3 is 2. The monoisotopic (exact) mass is 436 g/mol. The third kappa shape index (κ3) is 7.87.